The molecule has 4 aliphatic heterocycles. The van der Waals surface area contributed by atoms with Gasteiger partial charge in [-0.1, -0.05) is 18.2 Å². The van der Waals surface area contributed by atoms with E-state index in [-0.39, 0.29) is 29.7 Å². The largest absolute Gasteiger partial charge is 0.381 e. The van der Waals surface area contributed by atoms with Crippen LogP contribution in [0.3, 0.4) is 0 Å². The first-order valence-electron chi connectivity index (χ1n) is 22.3. The summed E-state index contributed by atoms with van der Waals surface area (Å²) >= 11 is 0. The van der Waals surface area contributed by atoms with E-state index in [1.54, 1.807) is 0 Å². The highest BCUT2D eigenvalue weighted by atomic mass is 19.1. The van der Waals surface area contributed by atoms with E-state index < -0.39 is 17.7 Å². The van der Waals surface area contributed by atoms with Crippen molar-refractivity contribution in [2.45, 2.75) is 62.9 Å². The number of carbonyl (C=O) groups is 4. The third-order valence-corrected chi connectivity index (χ3v) is 12.9. The van der Waals surface area contributed by atoms with Crippen LogP contribution in [0, 0.1) is 11.6 Å². The standard InChI is InChI=1S/C48H53F2N9O5/c49-34-24-31(25-35(50)27-34)23-30-1-8-41-40(26-30)46(56-55-41)54-47(62)39-7-6-38(28-43(39)52-37-13-21-64-22-14-37)58-19-17-57(18-20-58)29-45(61)59-15-11-33(12-16-59)32-2-4-36(5-3-32)51-42-9-10-44(60)53-48(42)63/h1-8,24-28,33,37,42,51-52H,9-23,29H2,(H,53,60,63)(H2,54,55,56,62). The lowest BCUT2D eigenvalue weighted by Crippen LogP contribution is -2.51. The van der Waals surface area contributed by atoms with Crippen molar-refractivity contribution >= 4 is 57.4 Å². The first-order chi connectivity index (χ1) is 31.1. The van der Waals surface area contributed by atoms with Gasteiger partial charge in [-0.2, -0.15) is 5.10 Å². The van der Waals surface area contributed by atoms with Crippen LogP contribution in [0.5, 0.6) is 0 Å². The lowest BCUT2D eigenvalue weighted by atomic mass is 9.89. The number of halogens is 2. The minimum absolute atomic E-state index is 0.139. The minimum Gasteiger partial charge on any atom is -0.381 e. The number of piperazine rings is 1. The van der Waals surface area contributed by atoms with Gasteiger partial charge in [-0.25, -0.2) is 8.78 Å². The number of likely N-dealkylation sites (tertiary alicyclic amines) is 1. The number of H-pyrrole nitrogens is 1. The highest BCUT2D eigenvalue weighted by molar-refractivity contribution is 6.11. The molecule has 4 aliphatic rings. The molecule has 9 rings (SSSR count). The first-order valence-corrected chi connectivity index (χ1v) is 22.3. The number of piperidine rings is 2. The summed E-state index contributed by atoms with van der Waals surface area (Å²) in [5.74, 6) is -1.25. The smallest absolute Gasteiger partial charge is 0.258 e. The van der Waals surface area contributed by atoms with Crippen LogP contribution in [0.1, 0.15) is 71.5 Å². The highest BCUT2D eigenvalue weighted by Crippen LogP contribution is 2.32. The number of hydrogen-bond donors (Lipinski definition) is 5. The van der Waals surface area contributed by atoms with Crippen molar-refractivity contribution in [1.29, 1.82) is 0 Å². The maximum absolute atomic E-state index is 14.0. The first kappa shape index (κ1) is 42.9. The third kappa shape index (κ3) is 10.2. The fourth-order valence-electron chi connectivity index (χ4n) is 9.30. The van der Waals surface area contributed by atoms with E-state index in [1.807, 2.05) is 53.4 Å². The maximum Gasteiger partial charge on any atom is 0.258 e. The molecular formula is C48H53F2N9O5. The van der Waals surface area contributed by atoms with Gasteiger partial charge in [-0.15, -0.1) is 0 Å². The molecular weight excluding hydrogens is 821 g/mol. The van der Waals surface area contributed by atoms with Gasteiger partial charge >= 0.3 is 0 Å². The van der Waals surface area contributed by atoms with Crippen LogP contribution in [-0.2, 0) is 25.5 Å². The summed E-state index contributed by atoms with van der Waals surface area (Å²) in [6.45, 7) is 6.00. The summed E-state index contributed by atoms with van der Waals surface area (Å²) in [6, 6.07) is 22.8. The lowest BCUT2D eigenvalue weighted by molar-refractivity contribution is -0.134. The van der Waals surface area contributed by atoms with E-state index in [2.05, 4.69) is 53.4 Å². The number of nitrogens with zero attached hydrogens (tertiary/aromatic N) is 4. The molecule has 4 aromatic carbocycles. The van der Waals surface area contributed by atoms with Crippen molar-refractivity contribution in [2.75, 3.05) is 79.9 Å². The molecule has 0 radical (unpaired) electrons. The van der Waals surface area contributed by atoms with E-state index in [0.29, 0.717) is 85.9 Å². The Kier molecular flexibility index (Phi) is 12.8. The van der Waals surface area contributed by atoms with Gasteiger partial charge in [0.05, 0.1) is 17.6 Å². The van der Waals surface area contributed by atoms with Crippen LogP contribution < -0.4 is 26.2 Å². The number of ether oxygens (including phenoxy) is 1. The fourth-order valence-corrected chi connectivity index (χ4v) is 9.30. The molecule has 5 aromatic rings. The Morgan fingerprint density at radius 1 is 0.781 bits per heavy atom. The van der Waals surface area contributed by atoms with Crippen LogP contribution in [-0.4, -0.2) is 115 Å². The lowest BCUT2D eigenvalue weighted by Gasteiger charge is -2.38. The van der Waals surface area contributed by atoms with E-state index in [0.717, 1.165) is 80.6 Å². The Morgan fingerprint density at radius 3 is 2.27 bits per heavy atom. The van der Waals surface area contributed by atoms with E-state index in [1.165, 1.54) is 17.7 Å². The minimum atomic E-state index is -0.632. The number of hydrogen-bond acceptors (Lipinski definition) is 10. The number of fused-ring (bicyclic) bond motifs is 1. The monoisotopic (exact) mass is 873 g/mol. The van der Waals surface area contributed by atoms with Crippen molar-refractivity contribution < 1.29 is 32.7 Å². The number of aromatic nitrogens is 2. The van der Waals surface area contributed by atoms with Gasteiger partial charge in [0.2, 0.25) is 17.7 Å². The van der Waals surface area contributed by atoms with Crippen molar-refractivity contribution in [1.82, 2.24) is 25.3 Å². The topological polar surface area (TPSA) is 164 Å². The molecule has 0 saturated carbocycles. The van der Waals surface area contributed by atoms with Gasteiger partial charge in [0, 0.05) is 93.5 Å². The van der Waals surface area contributed by atoms with Crippen LogP contribution in [0.25, 0.3) is 10.9 Å². The summed E-state index contributed by atoms with van der Waals surface area (Å²) in [7, 11) is 0. The summed E-state index contributed by atoms with van der Waals surface area (Å²) < 4.78 is 33.4. The number of carbonyl (C=O) groups excluding carboxylic acids is 4. The Balaban J connectivity index is 0.792. The van der Waals surface area contributed by atoms with Crippen LogP contribution in [0.2, 0.25) is 0 Å². The summed E-state index contributed by atoms with van der Waals surface area (Å²) in [6.07, 6.45) is 4.52. The fraction of sp³-hybridized carbons (Fsp3) is 0.396. The Hall–Kier alpha value is -6.39. The number of anilines is 4. The second kappa shape index (κ2) is 19.2. The average molecular weight is 874 g/mol. The SMILES string of the molecule is O=C1CCC(Nc2ccc(C3CCN(C(=O)CN4CCN(c5ccc(C(=O)Nc6n[nH]c7ccc(Cc8cc(F)cc(F)c8)cc67)c(NC6CCOCC6)c5)CC4)CC3)cc2)C(=O)N1. The van der Waals surface area contributed by atoms with Crippen molar-refractivity contribution in [3.05, 3.63) is 113 Å². The predicted octanol–water partition coefficient (Wildman–Crippen LogP) is 6.02. The Bertz CT molecular complexity index is 2490. The van der Waals surface area contributed by atoms with Gasteiger partial charge < -0.3 is 30.5 Å². The van der Waals surface area contributed by atoms with Gasteiger partial charge in [-0.3, -0.25) is 34.5 Å². The van der Waals surface area contributed by atoms with Crippen LogP contribution in [0.4, 0.5) is 31.7 Å². The van der Waals surface area contributed by atoms with Gasteiger partial charge in [-0.05, 0) is 116 Å². The van der Waals surface area contributed by atoms with E-state index >= 15 is 0 Å². The molecule has 0 bridgehead atoms. The number of aromatic amines is 1. The molecule has 0 spiro atoms. The zero-order valence-electron chi connectivity index (χ0n) is 35.6. The molecule has 334 valence electrons. The second-order valence-electron chi connectivity index (χ2n) is 17.3. The molecule has 1 atom stereocenters. The molecule has 0 aliphatic carbocycles. The number of rotatable bonds is 12. The molecule has 64 heavy (non-hydrogen) atoms. The van der Waals surface area contributed by atoms with Crippen molar-refractivity contribution in [3.63, 3.8) is 0 Å². The molecule has 1 unspecified atom stereocenters. The zero-order valence-corrected chi connectivity index (χ0v) is 35.6. The van der Waals surface area contributed by atoms with Crippen molar-refractivity contribution in [2.24, 2.45) is 0 Å². The van der Waals surface area contributed by atoms with E-state index in [9.17, 15) is 28.0 Å². The van der Waals surface area contributed by atoms with Crippen molar-refractivity contribution in [3.8, 4) is 0 Å². The molecule has 5 heterocycles. The number of amides is 4. The quantitative estimate of drug-likeness (QED) is 0.0938. The molecule has 4 saturated heterocycles. The molecule has 14 nitrogen and oxygen atoms in total. The normalized spacial score (nSPS) is 19.1. The number of nitrogens with one attached hydrogen (secondary N) is 5. The maximum atomic E-state index is 14.0. The molecule has 4 fully saturated rings. The van der Waals surface area contributed by atoms with Gasteiger partial charge in [0.1, 0.15) is 17.7 Å². The van der Waals surface area contributed by atoms with Crippen LogP contribution >= 0.6 is 0 Å². The number of benzene rings is 4. The molecule has 5 N–H and O–H groups in total. The predicted molar refractivity (Wildman–Crippen MR) is 241 cm³/mol. The second-order valence-corrected chi connectivity index (χ2v) is 17.3. The van der Waals surface area contributed by atoms with Crippen LogP contribution in [0.15, 0.2) is 78.9 Å². The third-order valence-electron chi connectivity index (χ3n) is 12.9. The Morgan fingerprint density at radius 2 is 1.53 bits per heavy atom. The number of imide groups is 1. The highest BCUT2D eigenvalue weighted by Gasteiger charge is 2.29. The summed E-state index contributed by atoms with van der Waals surface area (Å²) in [5.41, 5.74) is 6.28. The van der Waals surface area contributed by atoms with Gasteiger partial charge in [0.25, 0.3) is 5.91 Å². The van der Waals surface area contributed by atoms with Gasteiger partial charge in [0.15, 0.2) is 5.82 Å². The zero-order chi connectivity index (χ0) is 44.2. The molecule has 4 amide bonds. The summed E-state index contributed by atoms with van der Waals surface area (Å²) in [5, 5.41) is 20.3. The molecule has 16 heteroatoms. The Labute approximate surface area is 370 Å². The summed E-state index contributed by atoms with van der Waals surface area (Å²) in [4.78, 5) is 57.7. The van der Waals surface area contributed by atoms with E-state index in [4.69, 9.17) is 4.74 Å². The average Bonchev–Trinajstić information content (AvgIpc) is 3.69. The molecule has 1 aromatic heterocycles.